The minimum absolute atomic E-state index is 0.0513. The Kier molecular flexibility index (Phi) is 13.3. The average Bonchev–Trinajstić information content (AvgIpc) is 3.67. The van der Waals surface area contributed by atoms with Gasteiger partial charge in [-0.3, -0.25) is 28.8 Å². The number of carbonyl (C=O) groups is 6. The Morgan fingerprint density at radius 1 is 0.853 bits per heavy atom. The van der Waals surface area contributed by atoms with Gasteiger partial charge in [-0.25, -0.2) is 0 Å². The second-order valence-corrected chi connectivity index (χ2v) is 23.9. The molecule has 0 bridgehead atoms. The highest BCUT2D eigenvalue weighted by molar-refractivity contribution is 6.33. The molecule has 0 aliphatic heterocycles. The lowest BCUT2D eigenvalue weighted by Gasteiger charge is -2.63. The van der Waals surface area contributed by atoms with Crippen molar-refractivity contribution in [2.45, 2.75) is 140 Å². The summed E-state index contributed by atoms with van der Waals surface area (Å²) in [4.78, 5) is 73.1. The van der Waals surface area contributed by atoms with Crippen LogP contribution < -0.4 is 5.32 Å². The highest BCUT2D eigenvalue weighted by Crippen LogP contribution is 2.72. The molecule has 13 nitrogen and oxygen atoms in total. The first kappa shape index (κ1) is 51.1. The summed E-state index contributed by atoms with van der Waals surface area (Å²) >= 11 is 14.0. The van der Waals surface area contributed by atoms with Crippen LogP contribution in [0.4, 0.5) is 0 Å². The van der Waals surface area contributed by atoms with E-state index in [-0.39, 0.29) is 72.2 Å². The maximum Gasteiger partial charge on any atom is 0.309 e. The number of carbonyl (C=O) groups excluding carboxylic acids is 6. The third kappa shape index (κ3) is 7.47. The number of ketones is 4. The largest absolute Gasteiger partial charge is 0.457 e. The molecule has 15 heteroatoms. The van der Waals surface area contributed by atoms with Gasteiger partial charge in [0.05, 0.1) is 23.0 Å². The molecular formula is C53H69Cl2NO12. The van der Waals surface area contributed by atoms with E-state index in [1.54, 1.807) is 6.08 Å². The summed E-state index contributed by atoms with van der Waals surface area (Å²) < 4.78 is 5.52. The van der Waals surface area contributed by atoms with Crippen LogP contribution >= 0.6 is 23.2 Å². The Morgan fingerprint density at radius 3 is 2.18 bits per heavy atom. The second-order valence-electron chi connectivity index (χ2n) is 22.8. The standard InChI is InChI=1S/C32H44ClNO7.C21H25ClO5/c1-18-13-25-24-10-9-22-14-23(36)11-12-29(22,3)31(24,33)26(37)15-30(25,4)32(18,40)27(38)17-41-28(39)21-7-5-20(6-8-21)16-34-19(2)35;1-19-5-3-11(24)7-14(19)15(22)8-12-13-4-6-21(27,17(26)10-23)20(13,2)9-16(25)18(12)19/h11-12,14,18,20-21,24-26,37,40H,5-10,13,15-17H2,1-4H3,(H,34,35);3,5,7-8,12-13,16,18,23,25,27H,4,6,9-10H2,1-2H3/t18-,20-,21-,24-,25-,26-,29-,30-,31-,32-;12-,13-,16-,18+,19-,20-,21-/m00/s1. The van der Waals surface area contributed by atoms with Gasteiger partial charge >= 0.3 is 5.97 Å². The van der Waals surface area contributed by atoms with E-state index in [0.29, 0.717) is 56.0 Å². The molecule has 68 heavy (non-hydrogen) atoms. The Bertz CT molecular complexity index is 2320. The Balaban J connectivity index is 0.000000200. The van der Waals surface area contributed by atoms with Crippen molar-refractivity contribution in [1.29, 1.82) is 0 Å². The predicted molar refractivity (Wildman–Crippen MR) is 252 cm³/mol. The number of amides is 1. The first-order valence-electron chi connectivity index (χ1n) is 24.6. The summed E-state index contributed by atoms with van der Waals surface area (Å²) in [5, 5.41) is 58.9. The Morgan fingerprint density at radius 2 is 1.51 bits per heavy atom. The normalized spacial score (nSPS) is 46.4. The molecule has 0 aromatic carbocycles. The number of aliphatic hydroxyl groups excluding tert-OH is 3. The third-order valence-electron chi connectivity index (χ3n) is 19.7. The fourth-order valence-corrected chi connectivity index (χ4v) is 16.8. The Hall–Kier alpha value is -3.30. The molecular weight excluding hydrogens is 913 g/mol. The average molecular weight is 983 g/mol. The predicted octanol–water partition coefficient (Wildman–Crippen LogP) is 5.56. The summed E-state index contributed by atoms with van der Waals surface area (Å²) in [6.07, 6.45) is 16.0. The lowest BCUT2D eigenvalue weighted by atomic mass is 9.45. The van der Waals surface area contributed by atoms with Crippen LogP contribution in [0.2, 0.25) is 0 Å². The van der Waals surface area contributed by atoms with Crippen LogP contribution in [0.25, 0.3) is 0 Å². The zero-order valence-electron chi connectivity index (χ0n) is 40.1. The number of allylic oxidation sites excluding steroid dienone is 10. The molecule has 0 radical (unpaired) electrons. The molecule has 9 aliphatic carbocycles. The molecule has 0 unspecified atom stereocenters. The highest BCUT2D eigenvalue weighted by atomic mass is 35.5. The van der Waals surface area contributed by atoms with Crippen LogP contribution in [0.3, 0.4) is 0 Å². The van der Waals surface area contributed by atoms with Crippen molar-refractivity contribution in [3.63, 3.8) is 0 Å². The number of fused-ring (bicyclic) bond motifs is 10. The molecule has 15 atom stereocenters. The van der Waals surface area contributed by atoms with Crippen LogP contribution in [0, 0.1) is 69.0 Å². The quantitative estimate of drug-likeness (QED) is 0.130. The van der Waals surface area contributed by atoms with E-state index in [4.69, 9.17) is 27.9 Å². The SMILES string of the molecule is CC(=O)NC[C@H]1CC[C@H](C(=O)OCC(=O)[C@@]2(O)[C@@H](C)C[C@H]3[C@@H]4CCC5=CC(=O)C=C[C@]5(C)[C@@]4(Cl)[C@@H](O)C[C@@]32C)CC1.C[C@]12C=CC(=O)C=C1C(Cl)=C[C@@H]1[C@@H]2[C@@H](O)C[C@@]2(C)[C@H]1CC[C@]2(O)C(=O)CO. The van der Waals surface area contributed by atoms with Crippen molar-refractivity contribution in [2.24, 2.45) is 69.0 Å². The number of Topliss-reactive ketones (excluding diaryl/α,β-unsaturated/α-hetero) is 2. The maximum atomic E-state index is 13.8. The van der Waals surface area contributed by atoms with Crippen molar-refractivity contribution < 1.29 is 59.0 Å². The number of nitrogens with one attached hydrogen (secondary N) is 1. The van der Waals surface area contributed by atoms with E-state index < -0.39 is 86.6 Å². The van der Waals surface area contributed by atoms with Gasteiger partial charge in [-0.1, -0.05) is 70.0 Å². The zero-order chi connectivity index (χ0) is 49.7. The number of alkyl halides is 1. The van der Waals surface area contributed by atoms with E-state index >= 15 is 0 Å². The fraction of sp³-hybridized carbons (Fsp3) is 0.698. The van der Waals surface area contributed by atoms with E-state index in [9.17, 15) is 54.3 Å². The van der Waals surface area contributed by atoms with Gasteiger partial charge in [-0.05, 0) is 136 Å². The highest BCUT2D eigenvalue weighted by Gasteiger charge is 2.75. The van der Waals surface area contributed by atoms with Crippen LogP contribution in [0.15, 0.2) is 58.7 Å². The van der Waals surface area contributed by atoms with Crippen molar-refractivity contribution in [3.8, 4) is 0 Å². The van der Waals surface area contributed by atoms with Crippen LogP contribution in [0.5, 0.6) is 0 Å². The van der Waals surface area contributed by atoms with Gasteiger partial charge in [0.15, 0.2) is 24.0 Å². The first-order chi connectivity index (χ1) is 31.8. The maximum absolute atomic E-state index is 13.8. The number of esters is 1. The molecule has 6 N–H and O–H groups in total. The molecule has 1 amide bonds. The van der Waals surface area contributed by atoms with Crippen LogP contribution in [0.1, 0.15) is 112 Å². The minimum atomic E-state index is -1.78. The van der Waals surface area contributed by atoms with E-state index in [2.05, 4.69) is 5.32 Å². The second kappa shape index (κ2) is 17.8. The van der Waals surface area contributed by atoms with E-state index in [1.807, 2.05) is 52.8 Å². The zero-order valence-corrected chi connectivity index (χ0v) is 41.6. The number of ether oxygens (including phenoxy) is 1. The van der Waals surface area contributed by atoms with Crippen molar-refractivity contribution in [3.05, 3.63) is 58.7 Å². The summed E-state index contributed by atoms with van der Waals surface area (Å²) in [5.74, 6) is -2.87. The molecule has 0 spiro atoms. The van der Waals surface area contributed by atoms with Gasteiger partial charge in [0.2, 0.25) is 11.7 Å². The third-order valence-corrected chi connectivity index (χ3v) is 20.9. The monoisotopic (exact) mass is 981 g/mol. The van der Waals surface area contributed by atoms with Gasteiger partial charge in [-0.15, -0.1) is 11.6 Å². The molecule has 9 rings (SSSR count). The summed E-state index contributed by atoms with van der Waals surface area (Å²) in [7, 11) is 0. The van der Waals surface area contributed by atoms with Gasteiger partial charge in [0, 0.05) is 46.1 Å². The van der Waals surface area contributed by atoms with E-state index in [1.165, 1.54) is 25.2 Å². The molecule has 0 aromatic heterocycles. The van der Waals surface area contributed by atoms with Gasteiger partial charge < -0.3 is 35.6 Å². The summed E-state index contributed by atoms with van der Waals surface area (Å²) in [6, 6.07) is 0. The van der Waals surface area contributed by atoms with Gasteiger partial charge in [0.1, 0.15) is 17.8 Å². The molecule has 372 valence electrons. The lowest BCUT2D eigenvalue weighted by molar-refractivity contribution is -0.183. The summed E-state index contributed by atoms with van der Waals surface area (Å²) in [6.45, 7) is 10.4. The smallest absolute Gasteiger partial charge is 0.309 e. The van der Waals surface area contributed by atoms with Crippen molar-refractivity contribution >= 4 is 58.2 Å². The summed E-state index contributed by atoms with van der Waals surface area (Å²) in [5.41, 5.74) is -4.86. The number of hydrogen-bond donors (Lipinski definition) is 6. The van der Waals surface area contributed by atoms with Crippen molar-refractivity contribution in [1.82, 2.24) is 5.32 Å². The number of halogens is 2. The van der Waals surface area contributed by atoms with Crippen LogP contribution in [-0.2, 0) is 33.5 Å². The van der Waals surface area contributed by atoms with Gasteiger partial charge in [0.25, 0.3) is 0 Å². The molecule has 0 aromatic rings. The van der Waals surface area contributed by atoms with E-state index in [0.717, 1.165) is 24.0 Å². The number of aliphatic hydroxyl groups is 5. The number of hydrogen-bond acceptors (Lipinski definition) is 12. The molecule has 6 fully saturated rings. The lowest BCUT2D eigenvalue weighted by Crippen LogP contribution is -2.69. The van der Waals surface area contributed by atoms with Crippen LogP contribution in [-0.4, -0.2) is 109 Å². The van der Waals surface area contributed by atoms with Gasteiger partial charge in [-0.2, -0.15) is 0 Å². The molecule has 0 heterocycles. The molecule has 6 saturated carbocycles. The minimum Gasteiger partial charge on any atom is -0.457 e. The van der Waals surface area contributed by atoms with Crippen molar-refractivity contribution in [2.75, 3.05) is 19.8 Å². The first-order valence-corrected chi connectivity index (χ1v) is 25.4. The Labute approximate surface area is 408 Å². The number of rotatable bonds is 8. The molecule has 0 saturated heterocycles. The molecule has 9 aliphatic rings. The topological polar surface area (TPSA) is 225 Å². The fourth-order valence-electron chi connectivity index (χ4n) is 15.9.